The molecule has 5 rings (SSSR count). The first-order valence-corrected chi connectivity index (χ1v) is 8.86. The summed E-state index contributed by atoms with van der Waals surface area (Å²) in [5.74, 6) is -3.28. The minimum atomic E-state index is -1.44. The van der Waals surface area contributed by atoms with E-state index >= 15 is 8.78 Å². The second-order valence-electron chi connectivity index (χ2n) is 7.63. The molecule has 2 aliphatic heterocycles. The van der Waals surface area contributed by atoms with Gasteiger partial charge in [0.2, 0.25) is 5.43 Å². The molecule has 0 spiro atoms. The van der Waals surface area contributed by atoms with Crippen molar-refractivity contribution in [2.75, 3.05) is 30.8 Å². The van der Waals surface area contributed by atoms with E-state index in [1.54, 1.807) is 4.90 Å². The average Bonchev–Trinajstić information content (AvgIpc) is 3.51. The van der Waals surface area contributed by atoms with Gasteiger partial charge in [0.15, 0.2) is 11.6 Å². The summed E-state index contributed by atoms with van der Waals surface area (Å²) in [7, 11) is 1.96. The Balaban J connectivity index is 1.80. The molecule has 9 heteroatoms. The van der Waals surface area contributed by atoms with E-state index in [-0.39, 0.29) is 34.7 Å². The number of halogens is 2. The number of anilines is 2. The lowest BCUT2D eigenvalue weighted by Crippen LogP contribution is -2.31. The molecule has 2 saturated heterocycles. The third kappa shape index (κ3) is 2.14. The minimum absolute atomic E-state index is 0.102. The van der Waals surface area contributed by atoms with E-state index in [0.717, 1.165) is 19.0 Å². The van der Waals surface area contributed by atoms with Crippen LogP contribution in [0.15, 0.2) is 11.0 Å². The number of hydrogen-bond donors (Lipinski definition) is 2. The zero-order chi connectivity index (χ0) is 19.2. The molecule has 2 unspecified atom stereocenters. The highest BCUT2D eigenvalue weighted by atomic mass is 19.1. The van der Waals surface area contributed by atoms with Crippen molar-refractivity contribution in [1.82, 2.24) is 9.47 Å². The summed E-state index contributed by atoms with van der Waals surface area (Å²) in [6, 6.07) is 0.415. The number of likely N-dealkylation sites (N-methyl/N-ethyl adjacent to an activating group) is 1. The number of aromatic carboxylic acids is 1. The van der Waals surface area contributed by atoms with Crippen molar-refractivity contribution in [2.45, 2.75) is 31.0 Å². The van der Waals surface area contributed by atoms with Gasteiger partial charge in [-0.25, -0.2) is 13.6 Å². The maximum atomic E-state index is 15.5. The Morgan fingerprint density at radius 3 is 2.41 bits per heavy atom. The van der Waals surface area contributed by atoms with Crippen LogP contribution in [0.4, 0.5) is 20.2 Å². The molecular weight excluding hydrogens is 358 g/mol. The zero-order valence-corrected chi connectivity index (χ0v) is 14.6. The third-order valence-electron chi connectivity index (χ3n) is 6.07. The van der Waals surface area contributed by atoms with Crippen molar-refractivity contribution in [3.63, 3.8) is 0 Å². The molecule has 3 aliphatic rings. The van der Waals surface area contributed by atoms with Gasteiger partial charge in [-0.15, -0.1) is 0 Å². The minimum Gasteiger partial charge on any atom is -0.477 e. The molecule has 1 saturated carbocycles. The second-order valence-corrected chi connectivity index (χ2v) is 7.63. The predicted octanol–water partition coefficient (Wildman–Crippen LogP) is 1.40. The van der Waals surface area contributed by atoms with Gasteiger partial charge in [0, 0.05) is 37.4 Å². The van der Waals surface area contributed by atoms with E-state index in [1.165, 1.54) is 4.57 Å². The number of carboxylic acids is 1. The van der Waals surface area contributed by atoms with E-state index in [0.29, 0.717) is 13.1 Å². The molecule has 3 N–H and O–H groups in total. The van der Waals surface area contributed by atoms with E-state index in [9.17, 15) is 14.7 Å². The Hall–Kier alpha value is -2.68. The number of benzene rings is 1. The Bertz CT molecular complexity index is 1070. The van der Waals surface area contributed by atoms with Gasteiger partial charge in [-0.3, -0.25) is 9.69 Å². The van der Waals surface area contributed by atoms with E-state index in [1.807, 2.05) is 7.05 Å². The number of nitrogen functional groups attached to an aromatic ring is 1. The molecule has 0 amide bonds. The highest BCUT2D eigenvalue weighted by molar-refractivity contribution is 5.99. The molecule has 3 fully saturated rings. The summed E-state index contributed by atoms with van der Waals surface area (Å²) < 4.78 is 32.0. The van der Waals surface area contributed by atoms with Crippen LogP contribution in [0.5, 0.6) is 0 Å². The maximum absolute atomic E-state index is 15.5. The standard InChI is InChI=1S/C18H18F2N4O3/c1-22-9-5-23(6-10(9)22)16-12(19)14(21)11-15(13(16)20)24(7-2-3-7)4-8(17(11)25)18(26)27/h4,7,9-10H,2-3,5-6,21H2,1H3,(H,26,27). The van der Waals surface area contributed by atoms with Crippen molar-refractivity contribution in [3.8, 4) is 0 Å². The second kappa shape index (κ2) is 5.19. The normalized spacial score (nSPS) is 26.5. The Morgan fingerprint density at radius 2 is 1.85 bits per heavy atom. The molecule has 142 valence electrons. The van der Waals surface area contributed by atoms with Crippen LogP contribution in [-0.2, 0) is 0 Å². The number of rotatable bonds is 3. The lowest BCUT2D eigenvalue weighted by Gasteiger charge is -2.25. The molecule has 2 atom stereocenters. The number of carbonyl (C=O) groups is 1. The Labute approximate surface area is 152 Å². The fraction of sp³-hybridized carbons (Fsp3) is 0.444. The Morgan fingerprint density at radius 1 is 1.22 bits per heavy atom. The zero-order valence-electron chi connectivity index (χ0n) is 14.6. The van der Waals surface area contributed by atoms with Gasteiger partial charge >= 0.3 is 5.97 Å². The lowest BCUT2D eigenvalue weighted by atomic mass is 10.1. The molecule has 0 radical (unpaired) electrons. The van der Waals surface area contributed by atoms with Gasteiger partial charge < -0.3 is 20.3 Å². The number of carboxylic acid groups (broad SMARTS) is 1. The van der Waals surface area contributed by atoms with Crippen molar-refractivity contribution >= 4 is 28.2 Å². The molecule has 0 bridgehead atoms. The number of fused-ring (bicyclic) bond motifs is 2. The van der Waals surface area contributed by atoms with Crippen LogP contribution >= 0.6 is 0 Å². The van der Waals surface area contributed by atoms with Crippen LogP contribution in [0, 0.1) is 11.6 Å². The quantitative estimate of drug-likeness (QED) is 0.622. The van der Waals surface area contributed by atoms with Crippen molar-refractivity contribution in [1.29, 1.82) is 0 Å². The first kappa shape index (κ1) is 16.5. The average molecular weight is 376 g/mol. The van der Waals surface area contributed by atoms with E-state index in [2.05, 4.69) is 4.90 Å². The summed E-state index contributed by atoms with van der Waals surface area (Å²) in [4.78, 5) is 27.8. The predicted molar refractivity (Wildman–Crippen MR) is 95.3 cm³/mol. The molecule has 3 heterocycles. The van der Waals surface area contributed by atoms with Crippen LogP contribution in [0.2, 0.25) is 0 Å². The molecule has 1 aromatic heterocycles. The number of aromatic nitrogens is 1. The molecule has 2 aromatic rings. The summed E-state index contributed by atoms with van der Waals surface area (Å²) >= 11 is 0. The lowest BCUT2D eigenvalue weighted by molar-refractivity contribution is 0.0695. The van der Waals surface area contributed by atoms with Crippen molar-refractivity contribution in [3.05, 3.63) is 33.6 Å². The fourth-order valence-corrected chi connectivity index (χ4v) is 4.31. The fourth-order valence-electron chi connectivity index (χ4n) is 4.31. The summed E-state index contributed by atoms with van der Waals surface area (Å²) in [6.07, 6.45) is 2.63. The SMILES string of the molecule is CN1C2CN(c3c(F)c(N)c4c(=O)c(C(=O)O)cn(C5CC5)c4c3F)CC21. The summed E-state index contributed by atoms with van der Waals surface area (Å²) in [6.45, 7) is 0.974. The molecular formula is C18H18F2N4O3. The number of nitrogens with two attached hydrogens (primary N) is 1. The van der Waals surface area contributed by atoms with E-state index < -0.39 is 34.3 Å². The van der Waals surface area contributed by atoms with Crippen LogP contribution in [0.25, 0.3) is 10.9 Å². The third-order valence-corrected chi connectivity index (χ3v) is 6.07. The van der Waals surface area contributed by atoms with Crippen LogP contribution in [0.1, 0.15) is 29.2 Å². The van der Waals surface area contributed by atoms with Gasteiger partial charge in [0.25, 0.3) is 0 Å². The molecule has 27 heavy (non-hydrogen) atoms. The Kier molecular flexibility index (Phi) is 3.17. The topological polar surface area (TPSA) is 91.6 Å². The monoisotopic (exact) mass is 376 g/mol. The number of hydrogen-bond acceptors (Lipinski definition) is 5. The number of pyridine rings is 1. The maximum Gasteiger partial charge on any atom is 0.341 e. The van der Waals surface area contributed by atoms with Gasteiger partial charge in [-0.05, 0) is 19.9 Å². The van der Waals surface area contributed by atoms with Gasteiger partial charge in [-0.2, -0.15) is 0 Å². The highest BCUT2D eigenvalue weighted by Crippen LogP contribution is 2.44. The molecule has 1 aromatic carbocycles. The van der Waals surface area contributed by atoms with E-state index in [4.69, 9.17) is 5.73 Å². The van der Waals surface area contributed by atoms with Gasteiger partial charge in [-0.1, -0.05) is 0 Å². The largest absolute Gasteiger partial charge is 0.477 e. The summed E-state index contributed by atoms with van der Waals surface area (Å²) in [5.41, 5.74) is 3.60. The van der Waals surface area contributed by atoms with Crippen molar-refractivity contribution < 1.29 is 18.7 Å². The van der Waals surface area contributed by atoms with Crippen LogP contribution in [-0.4, -0.2) is 52.8 Å². The number of piperazine rings is 1. The smallest absolute Gasteiger partial charge is 0.341 e. The number of nitrogens with zero attached hydrogens (tertiary/aromatic N) is 3. The van der Waals surface area contributed by atoms with Crippen LogP contribution < -0.4 is 16.1 Å². The molecule has 1 aliphatic carbocycles. The first-order valence-electron chi connectivity index (χ1n) is 8.86. The highest BCUT2D eigenvalue weighted by Gasteiger charge is 2.52. The first-order chi connectivity index (χ1) is 12.8. The van der Waals surface area contributed by atoms with Crippen molar-refractivity contribution in [2.24, 2.45) is 0 Å². The summed E-state index contributed by atoms with van der Waals surface area (Å²) in [5, 5.41) is 8.93. The molecule has 7 nitrogen and oxygen atoms in total. The van der Waals surface area contributed by atoms with Gasteiger partial charge in [0.05, 0.1) is 16.6 Å². The van der Waals surface area contributed by atoms with Crippen LogP contribution in [0.3, 0.4) is 0 Å². The van der Waals surface area contributed by atoms with Gasteiger partial charge in [0.1, 0.15) is 11.3 Å².